The van der Waals surface area contributed by atoms with E-state index in [0.29, 0.717) is 6.07 Å². The van der Waals surface area contributed by atoms with E-state index >= 15 is 0 Å². The minimum absolute atomic E-state index is 0.0919. The van der Waals surface area contributed by atoms with Crippen molar-refractivity contribution >= 4 is 5.91 Å². The lowest BCUT2D eigenvalue weighted by Crippen LogP contribution is -2.16. The first kappa shape index (κ1) is 12.3. The van der Waals surface area contributed by atoms with Crippen LogP contribution in [-0.2, 0) is 6.18 Å². The van der Waals surface area contributed by atoms with Gasteiger partial charge >= 0.3 is 6.18 Å². The summed E-state index contributed by atoms with van der Waals surface area (Å²) in [6.45, 7) is 1.65. The van der Waals surface area contributed by atoms with Gasteiger partial charge in [0.25, 0.3) is 5.91 Å². The number of aromatic nitrogens is 1. The summed E-state index contributed by atoms with van der Waals surface area (Å²) >= 11 is 0. The molecular weight excluding hydrogens is 225 g/mol. The molecule has 16 heavy (non-hydrogen) atoms. The van der Waals surface area contributed by atoms with E-state index < -0.39 is 23.7 Å². The number of amides is 1. The van der Waals surface area contributed by atoms with Crippen molar-refractivity contribution in [1.82, 2.24) is 4.98 Å². The van der Waals surface area contributed by atoms with Crippen molar-refractivity contribution in [2.45, 2.75) is 13.1 Å². The number of primary amides is 1. The number of carbonyl (C=O) groups excluding carboxylic acids is 1. The third kappa shape index (κ3) is 2.62. The highest BCUT2D eigenvalue weighted by atomic mass is 19.4. The normalized spacial score (nSPS) is 11.2. The van der Waals surface area contributed by atoms with Crippen molar-refractivity contribution in [3.05, 3.63) is 23.4 Å². The van der Waals surface area contributed by atoms with Gasteiger partial charge in [0.15, 0.2) is 0 Å². The number of halogens is 3. The SMILES string of the molecule is CCOc1nc(C(F)(F)F)ccc1C(N)=O. The number of nitrogens with two attached hydrogens (primary N) is 1. The highest BCUT2D eigenvalue weighted by molar-refractivity contribution is 5.95. The summed E-state index contributed by atoms with van der Waals surface area (Å²) in [6.07, 6.45) is -4.58. The van der Waals surface area contributed by atoms with Crippen LogP contribution in [0.1, 0.15) is 23.0 Å². The Hall–Kier alpha value is -1.79. The fourth-order valence-electron chi connectivity index (χ4n) is 1.03. The van der Waals surface area contributed by atoms with Crippen LogP contribution < -0.4 is 10.5 Å². The predicted octanol–water partition coefficient (Wildman–Crippen LogP) is 1.60. The Morgan fingerprint density at radius 2 is 2.12 bits per heavy atom. The fourth-order valence-corrected chi connectivity index (χ4v) is 1.03. The van der Waals surface area contributed by atoms with Crippen LogP contribution >= 0.6 is 0 Å². The van der Waals surface area contributed by atoms with Crippen LogP contribution in [-0.4, -0.2) is 17.5 Å². The lowest BCUT2D eigenvalue weighted by Gasteiger charge is -2.10. The highest BCUT2D eigenvalue weighted by Crippen LogP contribution is 2.30. The molecule has 0 aromatic carbocycles. The van der Waals surface area contributed by atoms with E-state index in [9.17, 15) is 18.0 Å². The van der Waals surface area contributed by atoms with Crippen LogP contribution in [0.4, 0.5) is 13.2 Å². The summed E-state index contributed by atoms with van der Waals surface area (Å²) in [5.74, 6) is -1.28. The molecule has 0 fully saturated rings. The Kier molecular flexibility index (Phi) is 3.36. The van der Waals surface area contributed by atoms with Gasteiger partial charge in [0, 0.05) is 0 Å². The molecule has 0 aliphatic rings. The maximum atomic E-state index is 12.3. The van der Waals surface area contributed by atoms with Gasteiger partial charge in [-0.15, -0.1) is 0 Å². The molecule has 1 amide bonds. The van der Waals surface area contributed by atoms with Gasteiger partial charge in [-0.1, -0.05) is 0 Å². The molecule has 7 heteroatoms. The number of hydrogen-bond donors (Lipinski definition) is 1. The Morgan fingerprint density at radius 3 is 2.56 bits per heavy atom. The molecule has 4 nitrogen and oxygen atoms in total. The Balaban J connectivity index is 3.22. The van der Waals surface area contributed by atoms with Gasteiger partial charge in [0.05, 0.1) is 6.61 Å². The zero-order chi connectivity index (χ0) is 12.3. The molecule has 0 saturated carbocycles. The predicted molar refractivity (Wildman–Crippen MR) is 48.9 cm³/mol. The first-order chi connectivity index (χ1) is 7.36. The maximum Gasteiger partial charge on any atom is 0.433 e. The van der Waals surface area contributed by atoms with Gasteiger partial charge in [0.1, 0.15) is 11.3 Å². The molecule has 88 valence electrons. The van der Waals surface area contributed by atoms with E-state index in [1.807, 2.05) is 0 Å². The Morgan fingerprint density at radius 1 is 1.50 bits per heavy atom. The van der Waals surface area contributed by atoms with Crippen LogP contribution in [0, 0.1) is 0 Å². The standard InChI is InChI=1S/C9H9F3N2O2/c1-2-16-8-5(7(13)15)3-4-6(14-8)9(10,11)12/h3-4H,2H2,1H3,(H2,13,15). The van der Waals surface area contributed by atoms with E-state index in [1.165, 1.54) is 0 Å². The molecule has 0 aliphatic heterocycles. The topological polar surface area (TPSA) is 65.2 Å². The van der Waals surface area contributed by atoms with Crippen molar-refractivity contribution in [2.75, 3.05) is 6.61 Å². The molecule has 0 radical (unpaired) electrons. The van der Waals surface area contributed by atoms with Crippen LogP contribution in [0.25, 0.3) is 0 Å². The molecule has 0 saturated heterocycles. The minimum atomic E-state index is -4.58. The van der Waals surface area contributed by atoms with Gasteiger partial charge in [-0.2, -0.15) is 13.2 Å². The number of carbonyl (C=O) groups is 1. The van der Waals surface area contributed by atoms with Crippen molar-refractivity contribution in [3.63, 3.8) is 0 Å². The average Bonchev–Trinajstić information content (AvgIpc) is 2.16. The van der Waals surface area contributed by atoms with E-state index in [2.05, 4.69) is 4.98 Å². The van der Waals surface area contributed by atoms with E-state index in [4.69, 9.17) is 10.5 Å². The molecule has 0 atom stereocenters. The molecule has 1 rings (SSSR count). The second-order valence-corrected chi connectivity index (χ2v) is 2.84. The van der Waals surface area contributed by atoms with Gasteiger partial charge in [0.2, 0.25) is 5.88 Å². The summed E-state index contributed by atoms with van der Waals surface area (Å²) in [6, 6.07) is 1.63. The van der Waals surface area contributed by atoms with E-state index in [1.54, 1.807) is 6.92 Å². The molecule has 0 aliphatic carbocycles. The van der Waals surface area contributed by atoms with Crippen molar-refractivity contribution in [2.24, 2.45) is 5.73 Å². The zero-order valence-corrected chi connectivity index (χ0v) is 8.34. The molecule has 1 aromatic heterocycles. The van der Waals surface area contributed by atoms with E-state index in [-0.39, 0.29) is 12.2 Å². The number of nitrogens with zero attached hydrogens (tertiary/aromatic N) is 1. The molecular formula is C9H9F3N2O2. The monoisotopic (exact) mass is 234 g/mol. The number of alkyl halides is 3. The molecule has 0 unspecified atom stereocenters. The summed E-state index contributed by atoms with van der Waals surface area (Å²) in [5.41, 5.74) is 3.67. The molecule has 0 bridgehead atoms. The zero-order valence-electron chi connectivity index (χ0n) is 8.34. The number of hydrogen-bond acceptors (Lipinski definition) is 3. The van der Waals surface area contributed by atoms with Crippen molar-refractivity contribution in [1.29, 1.82) is 0 Å². The highest BCUT2D eigenvalue weighted by Gasteiger charge is 2.33. The number of ether oxygens (including phenoxy) is 1. The summed E-state index contributed by atoms with van der Waals surface area (Å²) in [4.78, 5) is 14.1. The third-order valence-electron chi connectivity index (χ3n) is 1.70. The maximum absolute atomic E-state index is 12.3. The quantitative estimate of drug-likeness (QED) is 0.863. The molecule has 1 heterocycles. The average molecular weight is 234 g/mol. The summed E-state index contributed by atoms with van der Waals surface area (Å²) < 4.78 is 41.7. The summed E-state index contributed by atoms with van der Waals surface area (Å²) in [7, 11) is 0. The van der Waals surface area contributed by atoms with Crippen LogP contribution in [0.3, 0.4) is 0 Å². The van der Waals surface area contributed by atoms with Gasteiger partial charge in [-0.3, -0.25) is 4.79 Å². The Bertz CT molecular complexity index is 404. The lowest BCUT2D eigenvalue weighted by molar-refractivity contribution is -0.141. The first-order valence-electron chi connectivity index (χ1n) is 4.37. The molecule has 2 N–H and O–H groups in total. The van der Waals surface area contributed by atoms with Gasteiger partial charge in [-0.25, -0.2) is 4.98 Å². The largest absolute Gasteiger partial charge is 0.477 e. The molecule has 0 spiro atoms. The van der Waals surface area contributed by atoms with Crippen molar-refractivity contribution in [3.8, 4) is 5.88 Å². The van der Waals surface area contributed by atoms with E-state index in [0.717, 1.165) is 6.07 Å². The summed E-state index contributed by atoms with van der Waals surface area (Å²) in [5, 5.41) is 0. The van der Waals surface area contributed by atoms with Crippen LogP contribution in [0.15, 0.2) is 12.1 Å². The van der Waals surface area contributed by atoms with Crippen LogP contribution in [0.5, 0.6) is 5.88 Å². The Labute approximate surface area is 89.2 Å². The first-order valence-corrected chi connectivity index (χ1v) is 4.37. The smallest absolute Gasteiger partial charge is 0.433 e. The second kappa shape index (κ2) is 4.38. The number of pyridine rings is 1. The second-order valence-electron chi connectivity index (χ2n) is 2.84. The fraction of sp³-hybridized carbons (Fsp3) is 0.333. The third-order valence-corrected chi connectivity index (χ3v) is 1.70. The molecule has 1 aromatic rings. The van der Waals surface area contributed by atoms with Crippen molar-refractivity contribution < 1.29 is 22.7 Å². The minimum Gasteiger partial charge on any atom is -0.477 e. The van der Waals surface area contributed by atoms with Crippen LogP contribution in [0.2, 0.25) is 0 Å². The van der Waals surface area contributed by atoms with Gasteiger partial charge < -0.3 is 10.5 Å². The van der Waals surface area contributed by atoms with Gasteiger partial charge in [-0.05, 0) is 19.1 Å². The lowest BCUT2D eigenvalue weighted by atomic mass is 10.2. The number of rotatable bonds is 3.